The van der Waals surface area contributed by atoms with Gasteiger partial charge in [-0.3, -0.25) is 9.36 Å². The van der Waals surface area contributed by atoms with E-state index < -0.39 is 46.8 Å². The Bertz CT molecular complexity index is 1130. The van der Waals surface area contributed by atoms with Crippen molar-refractivity contribution in [2.45, 2.75) is 19.2 Å². The molecule has 1 atom stereocenters. The van der Waals surface area contributed by atoms with Crippen LogP contribution in [0, 0.1) is 5.82 Å². The number of hydrogen-bond acceptors (Lipinski definition) is 7. The molecule has 1 unspecified atom stereocenters. The highest BCUT2D eigenvalue weighted by Gasteiger charge is 2.35. The van der Waals surface area contributed by atoms with E-state index in [4.69, 9.17) is 16.4 Å². The van der Waals surface area contributed by atoms with Crippen molar-refractivity contribution in [1.29, 1.82) is 0 Å². The van der Waals surface area contributed by atoms with Gasteiger partial charge >= 0.3 is 17.8 Å². The summed E-state index contributed by atoms with van der Waals surface area (Å²) >= 11 is 5.83. The van der Waals surface area contributed by atoms with Crippen molar-refractivity contribution < 1.29 is 31.9 Å². The predicted molar refractivity (Wildman–Crippen MR) is 95.2 cm³/mol. The molecule has 0 aliphatic carbocycles. The normalized spacial score (nSPS) is 12.8. The standard InChI is InChI=1S/C16H13ClF4N4O5/c1-7(14(27)29-3)30-22-6-10-8(17)4-9(18)13(23-10)25-12(26)5-11(16(19,20)21)24(2)15(25)28/h4-7H,1-3H3/b22-6+. The Hall–Kier alpha value is -3.22. The number of rotatable bonds is 5. The fraction of sp³-hybridized carbons (Fsp3) is 0.312. The van der Waals surface area contributed by atoms with E-state index in [2.05, 4.69) is 14.9 Å². The highest BCUT2D eigenvalue weighted by molar-refractivity contribution is 6.32. The molecule has 0 amide bonds. The lowest BCUT2D eigenvalue weighted by Crippen LogP contribution is -2.41. The van der Waals surface area contributed by atoms with Gasteiger partial charge in [0, 0.05) is 13.1 Å². The van der Waals surface area contributed by atoms with Crippen LogP contribution in [-0.2, 0) is 27.6 Å². The van der Waals surface area contributed by atoms with Crippen LogP contribution in [0.2, 0.25) is 5.02 Å². The molecule has 2 heterocycles. The minimum atomic E-state index is -4.98. The van der Waals surface area contributed by atoms with Gasteiger partial charge in [-0.25, -0.2) is 23.5 Å². The number of halogens is 5. The fourth-order valence-corrected chi connectivity index (χ4v) is 2.38. The number of alkyl halides is 3. The van der Waals surface area contributed by atoms with Crippen LogP contribution in [0.1, 0.15) is 18.3 Å². The minimum absolute atomic E-state index is 0.107. The molecule has 2 rings (SSSR count). The van der Waals surface area contributed by atoms with E-state index in [0.717, 1.165) is 20.4 Å². The van der Waals surface area contributed by atoms with E-state index in [1.807, 2.05) is 0 Å². The van der Waals surface area contributed by atoms with Crippen LogP contribution in [0.5, 0.6) is 0 Å². The molecule has 0 fully saturated rings. The summed E-state index contributed by atoms with van der Waals surface area (Å²) in [5.74, 6) is -2.90. The van der Waals surface area contributed by atoms with Gasteiger partial charge in [0.2, 0.25) is 6.10 Å². The molecule has 0 bridgehead atoms. The van der Waals surface area contributed by atoms with Gasteiger partial charge in [-0.05, 0) is 13.0 Å². The van der Waals surface area contributed by atoms with Crippen molar-refractivity contribution in [3.63, 3.8) is 0 Å². The molecule has 0 saturated heterocycles. The summed E-state index contributed by atoms with van der Waals surface area (Å²) in [6, 6.07) is 0.810. The van der Waals surface area contributed by atoms with Gasteiger partial charge < -0.3 is 9.57 Å². The third-order valence-electron chi connectivity index (χ3n) is 3.69. The number of ether oxygens (including phenoxy) is 1. The smallest absolute Gasteiger partial charge is 0.431 e. The van der Waals surface area contributed by atoms with Crippen molar-refractivity contribution in [2.75, 3.05) is 7.11 Å². The lowest BCUT2D eigenvalue weighted by Gasteiger charge is -2.14. The Morgan fingerprint density at radius 2 is 1.97 bits per heavy atom. The van der Waals surface area contributed by atoms with Gasteiger partial charge in [0.15, 0.2) is 11.6 Å². The van der Waals surface area contributed by atoms with E-state index in [9.17, 15) is 31.9 Å². The van der Waals surface area contributed by atoms with Crippen molar-refractivity contribution in [3.8, 4) is 5.82 Å². The van der Waals surface area contributed by atoms with Crippen LogP contribution in [0.25, 0.3) is 5.82 Å². The van der Waals surface area contributed by atoms with Crippen LogP contribution in [0.4, 0.5) is 17.6 Å². The summed E-state index contributed by atoms with van der Waals surface area (Å²) in [5, 5.41) is 3.12. The zero-order valence-corrected chi connectivity index (χ0v) is 16.3. The molecular weight excluding hydrogens is 440 g/mol. The van der Waals surface area contributed by atoms with E-state index in [0.29, 0.717) is 6.07 Å². The zero-order valence-electron chi connectivity index (χ0n) is 15.5. The Kier molecular flexibility index (Phi) is 6.65. The van der Waals surface area contributed by atoms with Crippen LogP contribution < -0.4 is 11.2 Å². The number of oxime groups is 1. The zero-order chi connectivity index (χ0) is 22.8. The van der Waals surface area contributed by atoms with E-state index >= 15 is 0 Å². The maximum Gasteiger partial charge on any atom is 0.431 e. The molecule has 0 saturated carbocycles. The first-order chi connectivity index (χ1) is 13.9. The van der Waals surface area contributed by atoms with Crippen molar-refractivity contribution in [1.82, 2.24) is 14.1 Å². The van der Waals surface area contributed by atoms with E-state index in [-0.39, 0.29) is 25.9 Å². The molecule has 2 aromatic heterocycles. The summed E-state index contributed by atoms with van der Waals surface area (Å²) in [6.07, 6.45) is -5.23. The summed E-state index contributed by atoms with van der Waals surface area (Å²) in [6.45, 7) is 1.32. The minimum Gasteiger partial charge on any atom is -0.466 e. The first kappa shape index (κ1) is 23.1. The molecule has 0 aromatic carbocycles. The largest absolute Gasteiger partial charge is 0.466 e. The second-order valence-corrected chi connectivity index (χ2v) is 6.12. The van der Waals surface area contributed by atoms with Crippen LogP contribution >= 0.6 is 11.6 Å². The number of methoxy groups -OCH3 is 1. The van der Waals surface area contributed by atoms with E-state index in [1.54, 1.807) is 0 Å². The first-order valence-corrected chi connectivity index (χ1v) is 8.30. The number of aromatic nitrogens is 3. The monoisotopic (exact) mass is 452 g/mol. The molecule has 0 N–H and O–H groups in total. The van der Waals surface area contributed by atoms with Crippen LogP contribution in [-0.4, -0.2) is 39.5 Å². The molecule has 0 radical (unpaired) electrons. The molecule has 30 heavy (non-hydrogen) atoms. The maximum absolute atomic E-state index is 14.3. The number of hydrogen-bond donors (Lipinski definition) is 0. The van der Waals surface area contributed by atoms with Gasteiger partial charge in [-0.1, -0.05) is 16.8 Å². The molecule has 9 nitrogen and oxygen atoms in total. The lowest BCUT2D eigenvalue weighted by atomic mass is 10.3. The second-order valence-electron chi connectivity index (χ2n) is 5.71. The Morgan fingerprint density at radius 1 is 1.33 bits per heavy atom. The van der Waals surface area contributed by atoms with Crippen LogP contribution in [0.15, 0.2) is 26.9 Å². The second kappa shape index (κ2) is 8.65. The first-order valence-electron chi connectivity index (χ1n) is 7.92. The summed E-state index contributed by atoms with van der Waals surface area (Å²) in [5.41, 5.74) is -4.76. The Morgan fingerprint density at radius 3 is 2.53 bits per heavy atom. The molecular formula is C16H13ClF4N4O5. The molecule has 2 aromatic rings. The van der Waals surface area contributed by atoms with Crippen molar-refractivity contribution >= 4 is 23.8 Å². The number of nitrogens with zero attached hydrogens (tertiary/aromatic N) is 4. The highest BCUT2D eigenvalue weighted by Crippen LogP contribution is 2.27. The number of pyridine rings is 1. The maximum atomic E-state index is 14.3. The van der Waals surface area contributed by atoms with Gasteiger partial charge in [-0.15, -0.1) is 0 Å². The fourth-order valence-electron chi connectivity index (χ4n) is 2.19. The molecule has 0 aliphatic rings. The third-order valence-corrected chi connectivity index (χ3v) is 3.99. The Balaban J connectivity index is 2.56. The molecule has 162 valence electrons. The van der Waals surface area contributed by atoms with E-state index in [1.165, 1.54) is 6.92 Å². The number of carbonyl (C=O) groups excluding carboxylic acids is 1. The summed E-state index contributed by atoms with van der Waals surface area (Å²) < 4.78 is 57.8. The molecule has 0 spiro atoms. The summed E-state index contributed by atoms with van der Waals surface area (Å²) in [7, 11) is 1.89. The van der Waals surface area contributed by atoms with Crippen molar-refractivity contribution in [3.05, 3.63) is 55.2 Å². The average molecular weight is 453 g/mol. The van der Waals surface area contributed by atoms with Crippen LogP contribution in [0.3, 0.4) is 0 Å². The molecule has 14 heteroatoms. The van der Waals surface area contributed by atoms with Gasteiger partial charge in [0.1, 0.15) is 11.4 Å². The SMILES string of the molecule is COC(=O)C(C)O/N=C/c1nc(-n2c(=O)cc(C(F)(F)F)n(C)c2=O)c(F)cc1Cl. The number of carbonyl (C=O) groups is 1. The summed E-state index contributed by atoms with van der Waals surface area (Å²) in [4.78, 5) is 44.1. The number of esters is 1. The van der Waals surface area contributed by atoms with Gasteiger partial charge in [-0.2, -0.15) is 13.2 Å². The molecule has 0 aliphatic heterocycles. The lowest BCUT2D eigenvalue weighted by molar-refractivity contribution is -0.152. The highest BCUT2D eigenvalue weighted by atomic mass is 35.5. The van der Waals surface area contributed by atoms with Gasteiger partial charge in [0.25, 0.3) is 5.56 Å². The Labute approximate surface area is 170 Å². The third kappa shape index (κ3) is 4.67. The quantitative estimate of drug-likeness (QED) is 0.296. The van der Waals surface area contributed by atoms with Crippen molar-refractivity contribution in [2.24, 2.45) is 12.2 Å². The topological polar surface area (TPSA) is 105 Å². The van der Waals surface area contributed by atoms with Gasteiger partial charge in [0.05, 0.1) is 18.3 Å². The average Bonchev–Trinajstić information content (AvgIpc) is 2.65. The predicted octanol–water partition coefficient (Wildman–Crippen LogP) is 1.65.